The number of likely N-dealkylation sites (N-methyl/N-ethyl adjacent to an activating group) is 1. The minimum absolute atomic E-state index is 0.364. The average molecular weight is 273 g/mol. The molecule has 2 aromatic rings. The Morgan fingerprint density at radius 3 is 2.75 bits per heavy atom. The highest BCUT2D eigenvalue weighted by Crippen LogP contribution is 2.21. The van der Waals surface area contributed by atoms with E-state index in [9.17, 15) is 9.90 Å². The van der Waals surface area contributed by atoms with Gasteiger partial charge in [0.15, 0.2) is 0 Å². The number of rotatable bonds is 3. The molecule has 1 fully saturated rings. The van der Waals surface area contributed by atoms with Crippen molar-refractivity contribution >= 4 is 16.9 Å². The van der Waals surface area contributed by atoms with Gasteiger partial charge in [0.25, 0.3) is 0 Å². The number of aromatic nitrogens is 1. The van der Waals surface area contributed by atoms with E-state index in [1.807, 2.05) is 12.1 Å². The number of hydrogen-bond donors (Lipinski definition) is 2. The van der Waals surface area contributed by atoms with Gasteiger partial charge in [-0.25, -0.2) is 4.79 Å². The molecule has 106 valence electrons. The Morgan fingerprint density at radius 2 is 2.05 bits per heavy atom. The van der Waals surface area contributed by atoms with Gasteiger partial charge in [0.05, 0.1) is 5.56 Å². The monoisotopic (exact) mass is 273 g/mol. The summed E-state index contributed by atoms with van der Waals surface area (Å²) < 4.78 is 0. The summed E-state index contributed by atoms with van der Waals surface area (Å²) in [6.07, 6.45) is 0. The van der Waals surface area contributed by atoms with Gasteiger partial charge in [-0.1, -0.05) is 6.07 Å². The maximum Gasteiger partial charge on any atom is 0.336 e. The first-order valence-corrected chi connectivity index (χ1v) is 6.88. The van der Waals surface area contributed by atoms with Gasteiger partial charge in [-0.2, -0.15) is 0 Å². The number of aromatic amines is 1. The van der Waals surface area contributed by atoms with Crippen molar-refractivity contribution in [1.82, 2.24) is 14.8 Å². The Labute approximate surface area is 117 Å². The van der Waals surface area contributed by atoms with Gasteiger partial charge in [0, 0.05) is 49.3 Å². The molecule has 1 aromatic carbocycles. The maximum absolute atomic E-state index is 11.2. The molecule has 0 radical (unpaired) electrons. The number of nitrogens with zero attached hydrogens (tertiary/aromatic N) is 2. The fourth-order valence-electron chi connectivity index (χ4n) is 2.73. The highest BCUT2D eigenvalue weighted by atomic mass is 16.4. The van der Waals surface area contributed by atoms with Crippen molar-refractivity contribution in [1.29, 1.82) is 0 Å². The zero-order valence-corrected chi connectivity index (χ0v) is 11.6. The molecule has 1 aliphatic rings. The summed E-state index contributed by atoms with van der Waals surface area (Å²) in [7, 11) is 2.14. The van der Waals surface area contributed by atoms with E-state index in [1.54, 1.807) is 12.1 Å². The molecule has 0 spiro atoms. The molecule has 1 aliphatic heterocycles. The zero-order valence-electron chi connectivity index (χ0n) is 11.6. The van der Waals surface area contributed by atoms with E-state index in [2.05, 4.69) is 21.8 Å². The normalized spacial score (nSPS) is 17.6. The molecule has 0 amide bonds. The first kappa shape index (κ1) is 13.1. The van der Waals surface area contributed by atoms with Gasteiger partial charge in [-0.3, -0.25) is 4.90 Å². The van der Waals surface area contributed by atoms with Crippen molar-refractivity contribution in [3.8, 4) is 0 Å². The highest BCUT2D eigenvalue weighted by Gasteiger charge is 2.16. The number of H-pyrrole nitrogens is 1. The Balaban J connectivity index is 1.82. The predicted octanol–water partition coefficient (Wildman–Crippen LogP) is 1.61. The lowest BCUT2D eigenvalue weighted by Crippen LogP contribution is -2.43. The van der Waals surface area contributed by atoms with Crippen LogP contribution in [0.3, 0.4) is 0 Å². The number of aromatic carboxylic acids is 1. The van der Waals surface area contributed by atoms with E-state index in [-0.39, 0.29) is 0 Å². The second kappa shape index (κ2) is 5.26. The fraction of sp³-hybridized carbons (Fsp3) is 0.400. The lowest BCUT2D eigenvalue weighted by atomic mass is 10.1. The van der Waals surface area contributed by atoms with Gasteiger partial charge < -0.3 is 15.0 Å². The highest BCUT2D eigenvalue weighted by molar-refractivity contribution is 6.03. The Kier molecular flexibility index (Phi) is 3.46. The van der Waals surface area contributed by atoms with E-state index >= 15 is 0 Å². The molecule has 2 N–H and O–H groups in total. The van der Waals surface area contributed by atoms with Crippen molar-refractivity contribution in [2.45, 2.75) is 6.54 Å². The molecule has 5 heteroatoms. The SMILES string of the molecule is CN1CCN(Cc2cc3c(C(=O)O)cccc3[nH]2)CC1. The van der Waals surface area contributed by atoms with Crippen molar-refractivity contribution in [3.63, 3.8) is 0 Å². The van der Waals surface area contributed by atoms with Crippen LogP contribution in [-0.2, 0) is 6.54 Å². The number of nitrogens with one attached hydrogen (secondary N) is 1. The minimum Gasteiger partial charge on any atom is -0.478 e. The lowest BCUT2D eigenvalue weighted by Gasteiger charge is -2.31. The number of hydrogen-bond acceptors (Lipinski definition) is 3. The standard InChI is InChI=1S/C15H19N3O2/c1-17-5-7-18(8-6-17)10-11-9-13-12(15(19)20)3-2-4-14(13)16-11/h2-4,9,16H,5-8,10H2,1H3,(H,19,20). The molecule has 0 aliphatic carbocycles. The zero-order chi connectivity index (χ0) is 14.1. The number of fused-ring (bicyclic) bond motifs is 1. The van der Waals surface area contributed by atoms with Crippen LogP contribution in [0.1, 0.15) is 16.1 Å². The summed E-state index contributed by atoms with van der Waals surface area (Å²) in [6, 6.07) is 7.33. The van der Waals surface area contributed by atoms with E-state index in [0.717, 1.165) is 49.3 Å². The van der Waals surface area contributed by atoms with Crippen LogP contribution in [0, 0.1) is 0 Å². The number of benzene rings is 1. The molecule has 20 heavy (non-hydrogen) atoms. The Hall–Kier alpha value is -1.85. The summed E-state index contributed by atoms with van der Waals surface area (Å²) in [6.45, 7) is 5.12. The molecule has 5 nitrogen and oxygen atoms in total. The number of carboxylic acids is 1. The molecular formula is C15H19N3O2. The van der Waals surface area contributed by atoms with Crippen molar-refractivity contribution in [2.24, 2.45) is 0 Å². The molecule has 0 atom stereocenters. The summed E-state index contributed by atoms with van der Waals surface area (Å²) in [5, 5.41) is 10.0. The van der Waals surface area contributed by atoms with E-state index in [4.69, 9.17) is 0 Å². The van der Waals surface area contributed by atoms with Gasteiger partial charge in [-0.05, 0) is 25.2 Å². The molecule has 2 heterocycles. The van der Waals surface area contributed by atoms with Gasteiger partial charge in [0.1, 0.15) is 0 Å². The first-order valence-electron chi connectivity index (χ1n) is 6.88. The minimum atomic E-state index is -0.874. The van der Waals surface area contributed by atoms with Crippen LogP contribution in [0.2, 0.25) is 0 Å². The third-order valence-electron chi connectivity index (χ3n) is 3.94. The van der Waals surface area contributed by atoms with Crippen LogP contribution in [0.25, 0.3) is 10.9 Å². The van der Waals surface area contributed by atoms with Gasteiger partial charge in [0.2, 0.25) is 0 Å². The smallest absolute Gasteiger partial charge is 0.336 e. The quantitative estimate of drug-likeness (QED) is 0.892. The van der Waals surface area contributed by atoms with Crippen LogP contribution < -0.4 is 0 Å². The van der Waals surface area contributed by atoms with Crippen molar-refractivity contribution < 1.29 is 9.90 Å². The van der Waals surface area contributed by atoms with E-state index in [0.29, 0.717) is 5.56 Å². The number of carboxylic acid groups (broad SMARTS) is 1. The third-order valence-corrected chi connectivity index (χ3v) is 3.94. The average Bonchev–Trinajstić information content (AvgIpc) is 2.83. The number of carbonyl (C=O) groups is 1. The summed E-state index contributed by atoms with van der Waals surface area (Å²) in [5.41, 5.74) is 2.34. The topological polar surface area (TPSA) is 59.6 Å². The van der Waals surface area contributed by atoms with Crippen LogP contribution in [0.4, 0.5) is 0 Å². The summed E-state index contributed by atoms with van der Waals surface area (Å²) in [5.74, 6) is -0.874. The van der Waals surface area contributed by atoms with E-state index in [1.165, 1.54) is 0 Å². The molecule has 0 saturated carbocycles. The van der Waals surface area contributed by atoms with Gasteiger partial charge in [-0.15, -0.1) is 0 Å². The molecule has 1 saturated heterocycles. The number of piperazine rings is 1. The van der Waals surface area contributed by atoms with Crippen LogP contribution in [0.5, 0.6) is 0 Å². The van der Waals surface area contributed by atoms with Crippen LogP contribution in [-0.4, -0.2) is 59.1 Å². The maximum atomic E-state index is 11.2. The fourth-order valence-corrected chi connectivity index (χ4v) is 2.73. The molecule has 0 bridgehead atoms. The van der Waals surface area contributed by atoms with E-state index < -0.39 is 5.97 Å². The largest absolute Gasteiger partial charge is 0.478 e. The Bertz CT molecular complexity index is 627. The molecule has 1 aromatic heterocycles. The summed E-state index contributed by atoms with van der Waals surface area (Å²) in [4.78, 5) is 19.3. The summed E-state index contributed by atoms with van der Waals surface area (Å²) >= 11 is 0. The molecular weight excluding hydrogens is 254 g/mol. The molecule has 3 rings (SSSR count). The van der Waals surface area contributed by atoms with Crippen molar-refractivity contribution in [3.05, 3.63) is 35.5 Å². The second-order valence-electron chi connectivity index (χ2n) is 5.45. The third kappa shape index (κ3) is 2.55. The van der Waals surface area contributed by atoms with Crippen LogP contribution >= 0.6 is 0 Å². The first-order chi connectivity index (χ1) is 9.63. The second-order valence-corrected chi connectivity index (χ2v) is 5.45. The molecule has 0 unspecified atom stereocenters. The van der Waals surface area contributed by atoms with Crippen LogP contribution in [0.15, 0.2) is 24.3 Å². The van der Waals surface area contributed by atoms with Crippen molar-refractivity contribution in [2.75, 3.05) is 33.2 Å². The predicted molar refractivity (Wildman–Crippen MR) is 78.0 cm³/mol. The lowest BCUT2D eigenvalue weighted by molar-refractivity contribution is 0.0699. The van der Waals surface area contributed by atoms with Gasteiger partial charge >= 0.3 is 5.97 Å². The Morgan fingerprint density at radius 1 is 1.30 bits per heavy atom.